The van der Waals surface area contributed by atoms with Crippen LogP contribution in [0.15, 0.2) is 23.7 Å². The Morgan fingerprint density at radius 1 is 1.39 bits per heavy atom. The van der Waals surface area contributed by atoms with Gasteiger partial charge in [-0.05, 0) is 25.0 Å². The van der Waals surface area contributed by atoms with E-state index in [0.29, 0.717) is 6.04 Å². The Bertz CT molecular complexity index is 648. The van der Waals surface area contributed by atoms with Crippen LogP contribution in [0.5, 0.6) is 0 Å². The lowest BCUT2D eigenvalue weighted by atomic mass is 10.1. The molecule has 124 valence electrons. The number of hydrogen-bond acceptors (Lipinski definition) is 5. The van der Waals surface area contributed by atoms with Crippen LogP contribution in [0.25, 0.3) is 0 Å². The smallest absolute Gasteiger partial charge is 0.122 e. The van der Waals surface area contributed by atoms with Crippen molar-refractivity contribution in [3.8, 4) is 0 Å². The van der Waals surface area contributed by atoms with Crippen molar-refractivity contribution in [2.75, 3.05) is 26.4 Å². The third-order valence-corrected chi connectivity index (χ3v) is 5.69. The van der Waals surface area contributed by atoms with Gasteiger partial charge in [0.2, 0.25) is 0 Å². The standard InChI is InChI=1S/C17H23N3O2S/c1-19-6-2-4-14(19)15-11-21-9-7-20(15)10-13-12-23-17(18-13)16-5-3-8-22-16/h2,4,6,12,15-16H,3,5,7-11H2,1H3/t15-,16-/m0/s1. The molecule has 0 saturated carbocycles. The van der Waals surface area contributed by atoms with E-state index in [2.05, 4.69) is 40.2 Å². The van der Waals surface area contributed by atoms with Gasteiger partial charge in [0, 0.05) is 44.0 Å². The highest BCUT2D eigenvalue weighted by atomic mass is 32.1. The summed E-state index contributed by atoms with van der Waals surface area (Å²) < 4.78 is 13.7. The zero-order valence-corrected chi connectivity index (χ0v) is 14.3. The molecule has 0 amide bonds. The van der Waals surface area contributed by atoms with E-state index in [1.54, 1.807) is 11.3 Å². The minimum atomic E-state index is 0.224. The SMILES string of the molecule is Cn1cccc1[C@@H]1COCCN1Cc1csc([C@@H]2CCCO2)n1. The summed E-state index contributed by atoms with van der Waals surface area (Å²) in [5.41, 5.74) is 2.46. The summed E-state index contributed by atoms with van der Waals surface area (Å²) in [6, 6.07) is 4.59. The van der Waals surface area contributed by atoms with E-state index in [0.717, 1.165) is 56.5 Å². The molecule has 0 aromatic carbocycles. The highest BCUT2D eigenvalue weighted by Gasteiger charge is 2.27. The summed E-state index contributed by atoms with van der Waals surface area (Å²) in [5, 5.41) is 3.33. The number of aryl methyl sites for hydroxylation is 1. The summed E-state index contributed by atoms with van der Waals surface area (Å²) >= 11 is 1.74. The van der Waals surface area contributed by atoms with Gasteiger partial charge in [0.15, 0.2) is 0 Å². The van der Waals surface area contributed by atoms with Crippen molar-refractivity contribution < 1.29 is 9.47 Å². The monoisotopic (exact) mass is 333 g/mol. The Morgan fingerprint density at radius 3 is 3.13 bits per heavy atom. The number of ether oxygens (including phenoxy) is 2. The van der Waals surface area contributed by atoms with E-state index in [1.807, 2.05) is 0 Å². The largest absolute Gasteiger partial charge is 0.378 e. The second-order valence-electron chi connectivity index (χ2n) is 6.28. The first-order valence-corrected chi connectivity index (χ1v) is 9.18. The molecule has 0 aliphatic carbocycles. The Hall–Kier alpha value is -1.21. The van der Waals surface area contributed by atoms with E-state index in [9.17, 15) is 0 Å². The molecule has 0 bridgehead atoms. The lowest BCUT2D eigenvalue weighted by molar-refractivity contribution is -0.0157. The van der Waals surface area contributed by atoms with E-state index >= 15 is 0 Å². The first kappa shape index (κ1) is 15.3. The van der Waals surface area contributed by atoms with Gasteiger partial charge in [-0.15, -0.1) is 11.3 Å². The summed E-state index contributed by atoms with van der Waals surface area (Å²) in [6.45, 7) is 4.24. The Kier molecular flexibility index (Phi) is 4.48. The van der Waals surface area contributed by atoms with Gasteiger partial charge in [0.25, 0.3) is 0 Å². The fraction of sp³-hybridized carbons (Fsp3) is 0.588. The second-order valence-corrected chi connectivity index (χ2v) is 7.17. The molecule has 2 atom stereocenters. The molecule has 2 aromatic heterocycles. The number of thiazole rings is 1. The van der Waals surface area contributed by atoms with E-state index in [-0.39, 0.29) is 6.10 Å². The maximum atomic E-state index is 5.75. The first-order valence-electron chi connectivity index (χ1n) is 8.30. The van der Waals surface area contributed by atoms with Gasteiger partial charge in [0.05, 0.1) is 24.9 Å². The fourth-order valence-corrected chi connectivity index (χ4v) is 4.34. The van der Waals surface area contributed by atoms with Crippen LogP contribution in [-0.4, -0.2) is 40.8 Å². The third-order valence-electron chi connectivity index (χ3n) is 4.70. The third kappa shape index (κ3) is 3.21. The molecule has 2 aliphatic heterocycles. The highest BCUT2D eigenvalue weighted by molar-refractivity contribution is 7.09. The molecule has 4 rings (SSSR count). The van der Waals surface area contributed by atoms with Crippen LogP contribution in [0.3, 0.4) is 0 Å². The van der Waals surface area contributed by atoms with Gasteiger partial charge in [-0.3, -0.25) is 4.90 Å². The molecule has 0 spiro atoms. The maximum absolute atomic E-state index is 5.75. The first-order chi connectivity index (χ1) is 11.3. The molecule has 0 unspecified atom stereocenters. The van der Waals surface area contributed by atoms with Crippen LogP contribution in [0.1, 0.15) is 41.4 Å². The highest BCUT2D eigenvalue weighted by Crippen LogP contribution is 2.32. The van der Waals surface area contributed by atoms with Crippen LogP contribution in [0.2, 0.25) is 0 Å². The van der Waals surface area contributed by atoms with E-state index < -0.39 is 0 Å². The molecule has 0 radical (unpaired) electrons. The van der Waals surface area contributed by atoms with Crippen LogP contribution in [0.4, 0.5) is 0 Å². The molecule has 2 aromatic rings. The Morgan fingerprint density at radius 2 is 2.35 bits per heavy atom. The van der Waals surface area contributed by atoms with Crippen molar-refractivity contribution in [2.24, 2.45) is 7.05 Å². The van der Waals surface area contributed by atoms with E-state index in [1.165, 1.54) is 5.69 Å². The lowest BCUT2D eigenvalue weighted by Gasteiger charge is -2.35. The van der Waals surface area contributed by atoms with E-state index in [4.69, 9.17) is 14.5 Å². The lowest BCUT2D eigenvalue weighted by Crippen LogP contribution is -2.39. The van der Waals surface area contributed by atoms with Crippen LogP contribution in [-0.2, 0) is 23.1 Å². The summed E-state index contributed by atoms with van der Waals surface area (Å²) in [6.07, 6.45) is 4.58. The van der Waals surface area contributed by atoms with Crippen molar-refractivity contribution in [3.63, 3.8) is 0 Å². The number of nitrogens with zero attached hydrogens (tertiary/aromatic N) is 3. The van der Waals surface area contributed by atoms with Crippen molar-refractivity contribution in [1.29, 1.82) is 0 Å². The van der Waals surface area contributed by atoms with Crippen LogP contribution < -0.4 is 0 Å². The van der Waals surface area contributed by atoms with Gasteiger partial charge < -0.3 is 14.0 Å². The molecular weight excluding hydrogens is 310 g/mol. The topological polar surface area (TPSA) is 39.5 Å². The number of morpholine rings is 1. The van der Waals surface area contributed by atoms with Gasteiger partial charge in [-0.25, -0.2) is 4.98 Å². The summed E-state index contributed by atoms with van der Waals surface area (Å²) in [7, 11) is 2.10. The van der Waals surface area contributed by atoms with Crippen molar-refractivity contribution in [1.82, 2.24) is 14.5 Å². The molecule has 0 N–H and O–H groups in total. The van der Waals surface area contributed by atoms with Crippen molar-refractivity contribution >= 4 is 11.3 Å². The minimum Gasteiger partial charge on any atom is -0.378 e. The molecule has 2 aliphatic rings. The van der Waals surface area contributed by atoms with Gasteiger partial charge in [0.1, 0.15) is 11.1 Å². The van der Waals surface area contributed by atoms with Gasteiger partial charge >= 0.3 is 0 Å². The Balaban J connectivity index is 1.49. The van der Waals surface area contributed by atoms with Crippen LogP contribution in [0, 0.1) is 0 Å². The average molecular weight is 333 g/mol. The van der Waals surface area contributed by atoms with Gasteiger partial charge in [-0.2, -0.15) is 0 Å². The zero-order valence-electron chi connectivity index (χ0n) is 13.5. The molecule has 6 heteroatoms. The quantitative estimate of drug-likeness (QED) is 0.862. The molecule has 2 fully saturated rings. The maximum Gasteiger partial charge on any atom is 0.122 e. The number of hydrogen-bond donors (Lipinski definition) is 0. The molecular formula is C17H23N3O2S. The van der Waals surface area contributed by atoms with Crippen molar-refractivity contribution in [2.45, 2.75) is 31.5 Å². The minimum absolute atomic E-state index is 0.224. The molecule has 2 saturated heterocycles. The van der Waals surface area contributed by atoms with Gasteiger partial charge in [-0.1, -0.05) is 0 Å². The molecule has 4 heterocycles. The predicted octanol–water partition coefficient (Wildman–Crippen LogP) is 2.91. The summed E-state index contributed by atoms with van der Waals surface area (Å²) in [5.74, 6) is 0. The average Bonchev–Trinajstić information content (AvgIpc) is 3.29. The number of aromatic nitrogens is 2. The molecule has 23 heavy (non-hydrogen) atoms. The number of rotatable bonds is 4. The zero-order chi connectivity index (χ0) is 15.6. The van der Waals surface area contributed by atoms with Crippen molar-refractivity contribution in [3.05, 3.63) is 40.1 Å². The normalized spacial score (nSPS) is 26.0. The van der Waals surface area contributed by atoms with Crippen LogP contribution >= 0.6 is 11.3 Å². The second kappa shape index (κ2) is 6.73. The Labute approximate surface area is 140 Å². The predicted molar refractivity (Wildman–Crippen MR) is 89.4 cm³/mol. The summed E-state index contributed by atoms with van der Waals surface area (Å²) in [4.78, 5) is 7.31. The fourth-order valence-electron chi connectivity index (χ4n) is 3.44. The molecule has 5 nitrogen and oxygen atoms in total.